The van der Waals surface area contributed by atoms with Crippen LogP contribution in [0.25, 0.3) is 0 Å². The molecule has 0 bridgehead atoms. The molecule has 3 nitrogen and oxygen atoms in total. The highest BCUT2D eigenvalue weighted by molar-refractivity contribution is 5.79. The van der Waals surface area contributed by atoms with Crippen LogP contribution < -0.4 is 5.32 Å². The fraction of sp³-hybridized carbons (Fsp3) is 0.562. The minimum Gasteiger partial charge on any atom is -0.341 e. The standard InChI is InChI=1S/C16H24N2O/c1-12(2)14-6-4-13(5-7-14)11-18(3)16(19)15-8-9-17-10-15/h4-7,12,15,17H,8-11H2,1-3H3. The van der Waals surface area contributed by atoms with Gasteiger partial charge in [-0.1, -0.05) is 38.1 Å². The molecule has 0 radical (unpaired) electrons. The van der Waals surface area contributed by atoms with Gasteiger partial charge in [0.25, 0.3) is 0 Å². The van der Waals surface area contributed by atoms with E-state index in [1.165, 1.54) is 11.1 Å². The molecule has 104 valence electrons. The largest absolute Gasteiger partial charge is 0.341 e. The number of carbonyl (C=O) groups excluding carboxylic acids is 1. The van der Waals surface area contributed by atoms with Crippen LogP contribution in [0.4, 0.5) is 0 Å². The summed E-state index contributed by atoms with van der Waals surface area (Å²) in [4.78, 5) is 14.1. The predicted octanol–water partition coefficient (Wildman–Crippen LogP) is 2.38. The summed E-state index contributed by atoms with van der Waals surface area (Å²) in [6.07, 6.45) is 0.968. The molecule has 1 amide bonds. The molecule has 3 heteroatoms. The lowest BCUT2D eigenvalue weighted by Crippen LogP contribution is -2.33. The van der Waals surface area contributed by atoms with Crippen molar-refractivity contribution in [1.82, 2.24) is 10.2 Å². The SMILES string of the molecule is CC(C)c1ccc(CN(C)C(=O)C2CCNC2)cc1. The minimum atomic E-state index is 0.167. The Labute approximate surface area is 116 Å². The van der Waals surface area contributed by atoms with Gasteiger partial charge in [0.1, 0.15) is 0 Å². The highest BCUT2D eigenvalue weighted by Gasteiger charge is 2.25. The van der Waals surface area contributed by atoms with Gasteiger partial charge in [-0.3, -0.25) is 4.79 Å². The van der Waals surface area contributed by atoms with Gasteiger partial charge in [-0.05, 0) is 30.0 Å². The molecule has 1 atom stereocenters. The van der Waals surface area contributed by atoms with Crippen molar-refractivity contribution in [3.8, 4) is 0 Å². The number of benzene rings is 1. The highest BCUT2D eigenvalue weighted by Crippen LogP contribution is 2.17. The monoisotopic (exact) mass is 260 g/mol. The lowest BCUT2D eigenvalue weighted by atomic mass is 10.0. The van der Waals surface area contributed by atoms with Crippen molar-refractivity contribution in [2.24, 2.45) is 5.92 Å². The lowest BCUT2D eigenvalue weighted by molar-refractivity contribution is -0.134. The molecule has 0 aromatic heterocycles. The third-order valence-corrected chi connectivity index (χ3v) is 3.85. The summed E-state index contributed by atoms with van der Waals surface area (Å²) >= 11 is 0. The smallest absolute Gasteiger partial charge is 0.227 e. The summed E-state index contributed by atoms with van der Waals surface area (Å²) in [6, 6.07) is 8.59. The topological polar surface area (TPSA) is 32.3 Å². The average Bonchev–Trinajstić information content (AvgIpc) is 2.92. The number of nitrogens with one attached hydrogen (secondary N) is 1. The summed E-state index contributed by atoms with van der Waals surface area (Å²) in [5.74, 6) is 0.982. The Morgan fingerprint density at radius 2 is 2.05 bits per heavy atom. The van der Waals surface area contributed by atoms with E-state index in [0.29, 0.717) is 12.5 Å². The molecule has 1 aliphatic heterocycles. The number of hydrogen-bond donors (Lipinski definition) is 1. The minimum absolute atomic E-state index is 0.167. The van der Waals surface area contributed by atoms with E-state index in [1.54, 1.807) is 0 Å². The fourth-order valence-electron chi connectivity index (χ4n) is 2.54. The second kappa shape index (κ2) is 6.20. The van der Waals surface area contributed by atoms with Gasteiger partial charge < -0.3 is 10.2 Å². The predicted molar refractivity (Wildman–Crippen MR) is 78.0 cm³/mol. The van der Waals surface area contributed by atoms with E-state index >= 15 is 0 Å². The van der Waals surface area contributed by atoms with Crippen LogP contribution in [0, 0.1) is 5.92 Å². The molecule has 1 N–H and O–H groups in total. The zero-order chi connectivity index (χ0) is 13.8. The van der Waals surface area contributed by atoms with Crippen LogP contribution >= 0.6 is 0 Å². The number of nitrogens with zero attached hydrogens (tertiary/aromatic N) is 1. The quantitative estimate of drug-likeness (QED) is 0.901. The third kappa shape index (κ3) is 3.57. The Hall–Kier alpha value is -1.35. The molecule has 1 saturated heterocycles. The Balaban J connectivity index is 1.94. The second-order valence-corrected chi connectivity index (χ2v) is 5.78. The maximum Gasteiger partial charge on any atom is 0.227 e. The van der Waals surface area contributed by atoms with Gasteiger partial charge in [-0.25, -0.2) is 0 Å². The Kier molecular flexibility index (Phi) is 4.59. The molecule has 1 unspecified atom stereocenters. The van der Waals surface area contributed by atoms with Gasteiger partial charge in [0.15, 0.2) is 0 Å². The van der Waals surface area contributed by atoms with E-state index in [2.05, 4.69) is 43.4 Å². The van der Waals surface area contributed by atoms with E-state index in [0.717, 1.165) is 19.5 Å². The molecule has 2 rings (SSSR count). The van der Waals surface area contributed by atoms with E-state index in [4.69, 9.17) is 0 Å². The number of carbonyl (C=O) groups is 1. The van der Waals surface area contributed by atoms with Crippen LogP contribution in [0.5, 0.6) is 0 Å². The maximum atomic E-state index is 12.2. The Morgan fingerprint density at radius 3 is 2.58 bits per heavy atom. The summed E-state index contributed by atoms with van der Waals surface area (Å²) in [5, 5.41) is 3.24. The van der Waals surface area contributed by atoms with Gasteiger partial charge in [-0.15, -0.1) is 0 Å². The lowest BCUT2D eigenvalue weighted by Gasteiger charge is -2.21. The van der Waals surface area contributed by atoms with Gasteiger partial charge >= 0.3 is 0 Å². The van der Waals surface area contributed by atoms with Crippen molar-refractivity contribution in [2.45, 2.75) is 32.7 Å². The van der Waals surface area contributed by atoms with Gasteiger partial charge in [0, 0.05) is 20.1 Å². The molecular weight excluding hydrogens is 236 g/mol. The Bertz CT molecular complexity index is 419. The van der Waals surface area contributed by atoms with Crippen molar-refractivity contribution in [1.29, 1.82) is 0 Å². The fourth-order valence-corrected chi connectivity index (χ4v) is 2.54. The van der Waals surface area contributed by atoms with Crippen LogP contribution in [0.15, 0.2) is 24.3 Å². The first kappa shape index (κ1) is 14.1. The van der Waals surface area contributed by atoms with Crippen molar-refractivity contribution < 1.29 is 4.79 Å². The van der Waals surface area contributed by atoms with Crippen molar-refractivity contribution >= 4 is 5.91 Å². The van der Waals surface area contributed by atoms with E-state index in [-0.39, 0.29) is 11.8 Å². The molecule has 1 aliphatic rings. The summed E-state index contributed by atoms with van der Waals surface area (Å²) in [6.45, 7) is 6.88. The highest BCUT2D eigenvalue weighted by atomic mass is 16.2. The number of rotatable bonds is 4. The molecule has 0 saturated carbocycles. The van der Waals surface area contributed by atoms with Crippen LogP contribution in [0.2, 0.25) is 0 Å². The van der Waals surface area contributed by atoms with E-state index in [1.807, 2.05) is 11.9 Å². The van der Waals surface area contributed by atoms with E-state index < -0.39 is 0 Å². The zero-order valence-electron chi connectivity index (χ0n) is 12.1. The summed E-state index contributed by atoms with van der Waals surface area (Å²) in [7, 11) is 1.90. The molecule has 1 aromatic carbocycles. The average molecular weight is 260 g/mol. The Morgan fingerprint density at radius 1 is 1.37 bits per heavy atom. The van der Waals surface area contributed by atoms with Gasteiger partial charge in [0.05, 0.1) is 5.92 Å². The molecule has 19 heavy (non-hydrogen) atoms. The third-order valence-electron chi connectivity index (χ3n) is 3.85. The molecule has 1 aromatic rings. The number of amides is 1. The first-order valence-corrected chi connectivity index (χ1v) is 7.12. The van der Waals surface area contributed by atoms with Crippen LogP contribution in [0.1, 0.15) is 37.3 Å². The van der Waals surface area contributed by atoms with Crippen LogP contribution in [0.3, 0.4) is 0 Å². The molecular formula is C16H24N2O. The van der Waals surface area contributed by atoms with Crippen LogP contribution in [-0.2, 0) is 11.3 Å². The van der Waals surface area contributed by atoms with Crippen molar-refractivity contribution in [3.63, 3.8) is 0 Å². The van der Waals surface area contributed by atoms with Gasteiger partial charge in [0.2, 0.25) is 5.91 Å². The summed E-state index contributed by atoms with van der Waals surface area (Å²) < 4.78 is 0. The first-order valence-electron chi connectivity index (χ1n) is 7.12. The van der Waals surface area contributed by atoms with Crippen LogP contribution in [-0.4, -0.2) is 30.9 Å². The van der Waals surface area contributed by atoms with E-state index in [9.17, 15) is 4.79 Å². The van der Waals surface area contributed by atoms with Gasteiger partial charge in [-0.2, -0.15) is 0 Å². The van der Waals surface area contributed by atoms with Crippen molar-refractivity contribution in [3.05, 3.63) is 35.4 Å². The molecule has 1 heterocycles. The first-order chi connectivity index (χ1) is 9.08. The molecule has 0 aliphatic carbocycles. The maximum absolute atomic E-state index is 12.2. The van der Waals surface area contributed by atoms with Crippen molar-refractivity contribution in [2.75, 3.05) is 20.1 Å². The molecule has 0 spiro atoms. The second-order valence-electron chi connectivity index (χ2n) is 5.78. The number of hydrogen-bond acceptors (Lipinski definition) is 2. The normalized spacial score (nSPS) is 18.8. The zero-order valence-corrected chi connectivity index (χ0v) is 12.1. The molecule has 1 fully saturated rings. The summed E-state index contributed by atoms with van der Waals surface area (Å²) in [5.41, 5.74) is 2.55.